The van der Waals surface area contributed by atoms with Gasteiger partial charge in [-0.05, 0) is 51.9 Å². The van der Waals surface area contributed by atoms with Gasteiger partial charge in [0.2, 0.25) is 0 Å². The molecule has 3 atom stereocenters. The number of carbonyl (C=O) groups is 2. The molecule has 2 amide bonds. The van der Waals surface area contributed by atoms with Gasteiger partial charge in [0.15, 0.2) is 0 Å². The Labute approximate surface area is 161 Å². The highest BCUT2D eigenvalue weighted by atomic mass is 16.6. The highest BCUT2D eigenvalue weighted by molar-refractivity contribution is 5.82. The Hall–Kier alpha value is -1.34. The summed E-state index contributed by atoms with van der Waals surface area (Å²) in [6, 6.07) is 0.162. The molecule has 4 aliphatic rings. The molecular formula is C20H32N2O5. The Morgan fingerprint density at radius 3 is 2.52 bits per heavy atom. The van der Waals surface area contributed by atoms with Crippen molar-refractivity contribution in [2.45, 2.75) is 64.2 Å². The first kappa shape index (κ1) is 19.0. The molecule has 7 nitrogen and oxygen atoms in total. The quantitative estimate of drug-likeness (QED) is 0.696. The smallest absolute Gasteiger partial charge is 0.410 e. The minimum atomic E-state index is -0.478. The van der Waals surface area contributed by atoms with Crippen molar-refractivity contribution in [3.63, 3.8) is 0 Å². The minimum absolute atomic E-state index is 0.0495. The molecule has 4 rings (SSSR count). The SMILES string of the molecule is CC(C)(C)OC(=O)N1CCC2(CC1)CN(C(=O)[C@@H]1CCCO1)[C@@H]1COC[C@@H]12. The number of likely N-dealkylation sites (tertiary alicyclic amines) is 2. The number of carbonyl (C=O) groups excluding carboxylic acids is 2. The maximum absolute atomic E-state index is 13.0. The van der Waals surface area contributed by atoms with Gasteiger partial charge in [-0.1, -0.05) is 0 Å². The van der Waals surface area contributed by atoms with Gasteiger partial charge in [0.05, 0.1) is 19.3 Å². The summed E-state index contributed by atoms with van der Waals surface area (Å²) in [5.41, 5.74) is -0.428. The lowest BCUT2D eigenvalue weighted by Gasteiger charge is -2.42. The first-order chi connectivity index (χ1) is 12.8. The van der Waals surface area contributed by atoms with E-state index >= 15 is 0 Å². The van der Waals surface area contributed by atoms with Crippen molar-refractivity contribution in [2.75, 3.05) is 39.5 Å². The second kappa shape index (κ2) is 6.92. The summed E-state index contributed by atoms with van der Waals surface area (Å²) in [4.78, 5) is 29.2. The zero-order valence-electron chi connectivity index (χ0n) is 16.7. The van der Waals surface area contributed by atoms with Crippen LogP contribution in [-0.2, 0) is 19.0 Å². The lowest BCUT2D eigenvalue weighted by Crippen LogP contribution is -2.48. The molecule has 0 N–H and O–H groups in total. The summed E-state index contributed by atoms with van der Waals surface area (Å²) in [6.45, 7) is 9.83. The van der Waals surface area contributed by atoms with Crippen LogP contribution in [0.1, 0.15) is 46.5 Å². The van der Waals surface area contributed by atoms with Gasteiger partial charge in [-0.25, -0.2) is 4.79 Å². The van der Waals surface area contributed by atoms with E-state index in [1.807, 2.05) is 30.6 Å². The minimum Gasteiger partial charge on any atom is -0.444 e. The molecule has 27 heavy (non-hydrogen) atoms. The number of hydrogen-bond acceptors (Lipinski definition) is 5. The predicted molar refractivity (Wildman–Crippen MR) is 98.3 cm³/mol. The Bertz CT molecular complexity index is 588. The Kier molecular flexibility index (Phi) is 4.87. The van der Waals surface area contributed by atoms with E-state index < -0.39 is 5.60 Å². The number of hydrogen-bond donors (Lipinski definition) is 0. The number of rotatable bonds is 1. The second-order valence-corrected chi connectivity index (χ2v) is 9.51. The number of piperidine rings is 1. The lowest BCUT2D eigenvalue weighted by molar-refractivity contribution is -0.142. The fourth-order valence-electron chi connectivity index (χ4n) is 5.20. The molecule has 152 valence electrons. The van der Waals surface area contributed by atoms with Crippen molar-refractivity contribution in [2.24, 2.45) is 11.3 Å². The van der Waals surface area contributed by atoms with Gasteiger partial charge in [0.1, 0.15) is 11.7 Å². The summed E-state index contributed by atoms with van der Waals surface area (Å²) in [5.74, 6) is 0.503. The van der Waals surface area contributed by atoms with E-state index in [0.717, 1.165) is 32.2 Å². The van der Waals surface area contributed by atoms with Crippen LogP contribution in [0.25, 0.3) is 0 Å². The van der Waals surface area contributed by atoms with Gasteiger partial charge in [0, 0.05) is 32.2 Å². The number of fused-ring (bicyclic) bond motifs is 2. The van der Waals surface area contributed by atoms with Crippen molar-refractivity contribution in [1.82, 2.24) is 9.80 Å². The molecule has 4 heterocycles. The monoisotopic (exact) mass is 380 g/mol. The average molecular weight is 380 g/mol. The normalized spacial score (nSPS) is 32.8. The molecule has 4 saturated heterocycles. The van der Waals surface area contributed by atoms with E-state index in [9.17, 15) is 9.59 Å². The van der Waals surface area contributed by atoms with Crippen LogP contribution in [0.4, 0.5) is 4.79 Å². The van der Waals surface area contributed by atoms with Gasteiger partial charge in [0.25, 0.3) is 5.91 Å². The van der Waals surface area contributed by atoms with Crippen LogP contribution in [0.2, 0.25) is 0 Å². The van der Waals surface area contributed by atoms with Crippen LogP contribution in [0.5, 0.6) is 0 Å². The molecule has 0 unspecified atom stereocenters. The van der Waals surface area contributed by atoms with E-state index in [1.165, 1.54) is 0 Å². The highest BCUT2D eigenvalue weighted by Gasteiger charge is 2.57. The number of amides is 2. The zero-order chi connectivity index (χ0) is 19.2. The molecule has 4 aliphatic heterocycles. The van der Waals surface area contributed by atoms with Gasteiger partial charge in [-0.3, -0.25) is 4.79 Å². The second-order valence-electron chi connectivity index (χ2n) is 9.51. The van der Waals surface area contributed by atoms with Gasteiger partial charge in [-0.15, -0.1) is 0 Å². The third-order valence-corrected chi connectivity index (χ3v) is 6.62. The van der Waals surface area contributed by atoms with Crippen molar-refractivity contribution >= 4 is 12.0 Å². The molecule has 0 saturated carbocycles. The van der Waals surface area contributed by atoms with Crippen LogP contribution in [0.3, 0.4) is 0 Å². The fourth-order valence-corrected chi connectivity index (χ4v) is 5.20. The molecule has 0 aliphatic carbocycles. The highest BCUT2D eigenvalue weighted by Crippen LogP contribution is 2.50. The molecule has 0 aromatic heterocycles. The standard InChI is InChI=1S/C20H32N2O5/c1-19(2,3)27-18(24)21-8-6-20(7-9-21)13-22(15-12-25-11-14(15)20)17(23)16-5-4-10-26-16/h14-16H,4-13H2,1-3H3/t14-,15+,16-/m0/s1. The molecule has 0 bridgehead atoms. The van der Waals surface area contributed by atoms with Crippen molar-refractivity contribution in [3.8, 4) is 0 Å². The summed E-state index contributed by atoms with van der Waals surface area (Å²) in [6.07, 6.45) is 3.07. The third kappa shape index (κ3) is 3.56. The molecule has 0 radical (unpaired) electrons. The molecule has 0 aromatic carbocycles. The van der Waals surface area contributed by atoms with E-state index in [2.05, 4.69) is 0 Å². The summed E-state index contributed by atoms with van der Waals surface area (Å²) in [5, 5.41) is 0. The third-order valence-electron chi connectivity index (χ3n) is 6.62. The Morgan fingerprint density at radius 2 is 1.89 bits per heavy atom. The number of ether oxygens (including phenoxy) is 3. The molecule has 0 aromatic rings. The van der Waals surface area contributed by atoms with Gasteiger partial charge >= 0.3 is 6.09 Å². The van der Waals surface area contributed by atoms with E-state index in [0.29, 0.717) is 38.8 Å². The van der Waals surface area contributed by atoms with Crippen molar-refractivity contribution in [3.05, 3.63) is 0 Å². The number of nitrogens with zero attached hydrogens (tertiary/aromatic N) is 2. The summed E-state index contributed by atoms with van der Waals surface area (Å²) >= 11 is 0. The predicted octanol–water partition coefficient (Wildman–Crippen LogP) is 2.04. The topological polar surface area (TPSA) is 68.3 Å². The van der Waals surface area contributed by atoms with E-state index in [-0.39, 0.29) is 29.6 Å². The summed E-state index contributed by atoms with van der Waals surface area (Å²) < 4.78 is 17.0. The van der Waals surface area contributed by atoms with Gasteiger partial charge in [-0.2, -0.15) is 0 Å². The van der Waals surface area contributed by atoms with E-state index in [1.54, 1.807) is 0 Å². The van der Waals surface area contributed by atoms with Crippen molar-refractivity contribution < 1.29 is 23.8 Å². The largest absolute Gasteiger partial charge is 0.444 e. The van der Waals surface area contributed by atoms with Crippen LogP contribution < -0.4 is 0 Å². The summed E-state index contributed by atoms with van der Waals surface area (Å²) in [7, 11) is 0. The van der Waals surface area contributed by atoms with Gasteiger partial charge < -0.3 is 24.0 Å². The fraction of sp³-hybridized carbons (Fsp3) is 0.900. The van der Waals surface area contributed by atoms with Crippen LogP contribution in [0, 0.1) is 11.3 Å². The van der Waals surface area contributed by atoms with Crippen LogP contribution in [-0.4, -0.2) is 79.0 Å². The average Bonchev–Trinajstić information content (AvgIpc) is 3.33. The Balaban J connectivity index is 1.43. The maximum atomic E-state index is 13.0. The lowest BCUT2D eigenvalue weighted by atomic mass is 9.70. The molecular weight excluding hydrogens is 348 g/mol. The zero-order valence-corrected chi connectivity index (χ0v) is 16.7. The van der Waals surface area contributed by atoms with Crippen LogP contribution >= 0.6 is 0 Å². The first-order valence-corrected chi connectivity index (χ1v) is 10.3. The van der Waals surface area contributed by atoms with E-state index in [4.69, 9.17) is 14.2 Å². The Morgan fingerprint density at radius 1 is 1.15 bits per heavy atom. The first-order valence-electron chi connectivity index (χ1n) is 10.3. The van der Waals surface area contributed by atoms with Crippen molar-refractivity contribution in [1.29, 1.82) is 0 Å². The molecule has 7 heteroatoms. The van der Waals surface area contributed by atoms with Crippen LogP contribution in [0.15, 0.2) is 0 Å². The molecule has 4 fully saturated rings. The maximum Gasteiger partial charge on any atom is 0.410 e. The molecule has 1 spiro atoms.